The van der Waals surface area contributed by atoms with Gasteiger partial charge < -0.3 is 9.73 Å². The Hall–Kier alpha value is -1.96. The number of hydrogen-bond donors (Lipinski definition) is 1. The number of para-hydroxylation sites is 1. The van der Waals surface area contributed by atoms with Crippen LogP contribution >= 0.6 is 0 Å². The Balaban J connectivity index is 1.65. The number of anilines is 1. The highest BCUT2D eigenvalue weighted by Crippen LogP contribution is 2.32. The van der Waals surface area contributed by atoms with E-state index >= 15 is 0 Å². The van der Waals surface area contributed by atoms with Gasteiger partial charge in [0.15, 0.2) is 0 Å². The highest BCUT2D eigenvalue weighted by Gasteiger charge is 2.18. The van der Waals surface area contributed by atoms with Crippen LogP contribution in [0.3, 0.4) is 0 Å². The summed E-state index contributed by atoms with van der Waals surface area (Å²) in [6, 6.07) is 15.3. The minimum atomic E-state index is 0.622. The molecular formula is C19H21NO. The molecule has 2 nitrogen and oxygen atoms in total. The van der Waals surface area contributed by atoms with E-state index in [1.165, 1.54) is 42.1 Å². The van der Waals surface area contributed by atoms with Gasteiger partial charge in [0.1, 0.15) is 11.2 Å². The molecular weight excluding hydrogens is 258 g/mol. The molecule has 0 bridgehead atoms. The van der Waals surface area contributed by atoms with Crippen molar-refractivity contribution in [1.29, 1.82) is 0 Å². The predicted octanol–water partition coefficient (Wildman–Crippen LogP) is 5.58. The number of fused-ring (bicyclic) bond motifs is 3. The van der Waals surface area contributed by atoms with E-state index < -0.39 is 0 Å². The molecule has 2 heteroatoms. The smallest absolute Gasteiger partial charge is 0.135 e. The summed E-state index contributed by atoms with van der Waals surface area (Å²) in [6.07, 6.45) is 5.25. The lowest BCUT2D eigenvalue weighted by Crippen LogP contribution is -2.25. The molecule has 0 radical (unpaired) electrons. The summed E-state index contributed by atoms with van der Waals surface area (Å²) >= 11 is 0. The van der Waals surface area contributed by atoms with Crippen molar-refractivity contribution in [3.8, 4) is 0 Å². The maximum absolute atomic E-state index is 5.88. The van der Waals surface area contributed by atoms with E-state index in [9.17, 15) is 0 Å². The first-order valence-corrected chi connectivity index (χ1v) is 7.97. The third-order valence-electron chi connectivity index (χ3n) is 4.76. The van der Waals surface area contributed by atoms with Crippen LogP contribution in [0.2, 0.25) is 0 Å². The molecule has 1 N–H and O–H groups in total. The quantitative estimate of drug-likeness (QED) is 0.662. The van der Waals surface area contributed by atoms with Crippen LogP contribution in [0.25, 0.3) is 21.9 Å². The number of hydrogen-bond acceptors (Lipinski definition) is 2. The lowest BCUT2D eigenvalue weighted by molar-refractivity contribution is 0.361. The molecule has 1 aromatic heterocycles. The average Bonchev–Trinajstić information content (AvgIpc) is 2.88. The Morgan fingerprint density at radius 1 is 0.905 bits per heavy atom. The Morgan fingerprint density at radius 2 is 1.67 bits per heavy atom. The largest absolute Gasteiger partial charge is 0.456 e. The number of benzene rings is 2. The third kappa shape index (κ3) is 2.39. The van der Waals surface area contributed by atoms with Crippen molar-refractivity contribution in [3.63, 3.8) is 0 Å². The zero-order valence-electron chi connectivity index (χ0n) is 12.4. The standard InChI is InChI=1S/C19H21NO/c1-13-6-8-14(9-7-13)20-15-10-11-19-17(12-15)16-4-2-3-5-18(16)21-19/h2-5,10-14,20H,6-9H2,1H3. The van der Waals surface area contributed by atoms with E-state index in [1.54, 1.807) is 0 Å². The summed E-state index contributed by atoms with van der Waals surface area (Å²) in [4.78, 5) is 0. The molecule has 0 amide bonds. The maximum Gasteiger partial charge on any atom is 0.135 e. The van der Waals surface area contributed by atoms with Gasteiger partial charge in [-0.15, -0.1) is 0 Å². The molecule has 0 unspecified atom stereocenters. The van der Waals surface area contributed by atoms with Crippen molar-refractivity contribution in [2.75, 3.05) is 5.32 Å². The normalized spacial score (nSPS) is 22.7. The molecule has 21 heavy (non-hydrogen) atoms. The van der Waals surface area contributed by atoms with Gasteiger partial charge in [-0.25, -0.2) is 0 Å². The monoisotopic (exact) mass is 279 g/mol. The second-order valence-corrected chi connectivity index (χ2v) is 6.41. The molecule has 4 rings (SSSR count). The lowest BCUT2D eigenvalue weighted by Gasteiger charge is -2.27. The molecule has 3 aromatic rings. The van der Waals surface area contributed by atoms with E-state index in [2.05, 4.69) is 42.6 Å². The number of furan rings is 1. The molecule has 1 fully saturated rings. The zero-order chi connectivity index (χ0) is 14.2. The summed E-state index contributed by atoms with van der Waals surface area (Å²) in [5.74, 6) is 0.892. The highest BCUT2D eigenvalue weighted by molar-refractivity contribution is 6.05. The molecule has 0 aliphatic heterocycles. The Morgan fingerprint density at radius 3 is 2.52 bits per heavy atom. The SMILES string of the molecule is CC1CCC(Nc2ccc3oc4ccccc4c3c2)CC1. The van der Waals surface area contributed by atoms with Crippen LogP contribution in [0.5, 0.6) is 0 Å². The fourth-order valence-corrected chi connectivity index (χ4v) is 3.46. The Labute approximate surface area is 125 Å². The van der Waals surface area contributed by atoms with Crippen molar-refractivity contribution >= 4 is 27.6 Å². The van der Waals surface area contributed by atoms with Crippen molar-refractivity contribution in [3.05, 3.63) is 42.5 Å². The van der Waals surface area contributed by atoms with Gasteiger partial charge in [-0.05, 0) is 55.9 Å². The first-order chi connectivity index (χ1) is 10.3. The predicted molar refractivity (Wildman–Crippen MR) is 88.8 cm³/mol. The minimum Gasteiger partial charge on any atom is -0.456 e. The van der Waals surface area contributed by atoms with E-state index in [-0.39, 0.29) is 0 Å². The molecule has 108 valence electrons. The van der Waals surface area contributed by atoms with Crippen molar-refractivity contribution in [2.24, 2.45) is 5.92 Å². The van der Waals surface area contributed by atoms with Gasteiger partial charge >= 0.3 is 0 Å². The van der Waals surface area contributed by atoms with Gasteiger partial charge in [-0.2, -0.15) is 0 Å². The molecule has 0 spiro atoms. The van der Waals surface area contributed by atoms with Crippen molar-refractivity contribution in [2.45, 2.75) is 38.6 Å². The van der Waals surface area contributed by atoms with Crippen LogP contribution < -0.4 is 5.32 Å². The van der Waals surface area contributed by atoms with E-state index in [0.717, 1.165) is 17.1 Å². The second-order valence-electron chi connectivity index (χ2n) is 6.41. The third-order valence-corrected chi connectivity index (χ3v) is 4.76. The molecule has 1 aliphatic rings. The molecule has 2 aromatic carbocycles. The summed E-state index contributed by atoms with van der Waals surface area (Å²) in [6.45, 7) is 2.36. The number of rotatable bonds is 2. The van der Waals surface area contributed by atoms with Crippen LogP contribution in [0.15, 0.2) is 46.9 Å². The zero-order valence-corrected chi connectivity index (χ0v) is 12.4. The van der Waals surface area contributed by atoms with Crippen molar-refractivity contribution in [1.82, 2.24) is 0 Å². The molecule has 1 saturated carbocycles. The second kappa shape index (κ2) is 5.10. The average molecular weight is 279 g/mol. The van der Waals surface area contributed by atoms with Crippen LogP contribution in [0.1, 0.15) is 32.6 Å². The minimum absolute atomic E-state index is 0.622. The van der Waals surface area contributed by atoms with Gasteiger partial charge in [0.25, 0.3) is 0 Å². The molecule has 1 aliphatic carbocycles. The first-order valence-electron chi connectivity index (χ1n) is 7.97. The summed E-state index contributed by atoms with van der Waals surface area (Å²) < 4.78 is 5.88. The summed E-state index contributed by atoms with van der Waals surface area (Å²) in [5, 5.41) is 6.12. The first kappa shape index (κ1) is 12.8. The van der Waals surface area contributed by atoms with Crippen LogP contribution in [0, 0.1) is 5.92 Å². The van der Waals surface area contributed by atoms with Gasteiger partial charge in [0.05, 0.1) is 0 Å². The maximum atomic E-state index is 5.88. The number of nitrogens with one attached hydrogen (secondary N) is 1. The van der Waals surface area contributed by atoms with E-state index in [1.807, 2.05) is 12.1 Å². The summed E-state index contributed by atoms with van der Waals surface area (Å²) in [7, 11) is 0. The molecule has 0 atom stereocenters. The van der Waals surface area contributed by atoms with Gasteiger partial charge in [-0.1, -0.05) is 25.1 Å². The van der Waals surface area contributed by atoms with E-state index in [4.69, 9.17) is 4.42 Å². The summed E-state index contributed by atoms with van der Waals surface area (Å²) in [5.41, 5.74) is 3.16. The van der Waals surface area contributed by atoms with Gasteiger partial charge in [0.2, 0.25) is 0 Å². The molecule has 0 saturated heterocycles. The fourth-order valence-electron chi connectivity index (χ4n) is 3.46. The van der Waals surface area contributed by atoms with Gasteiger partial charge in [0, 0.05) is 22.5 Å². The van der Waals surface area contributed by atoms with Gasteiger partial charge in [-0.3, -0.25) is 0 Å². The van der Waals surface area contributed by atoms with Crippen LogP contribution in [0.4, 0.5) is 5.69 Å². The van der Waals surface area contributed by atoms with Crippen molar-refractivity contribution < 1.29 is 4.42 Å². The van der Waals surface area contributed by atoms with Crippen LogP contribution in [-0.2, 0) is 0 Å². The topological polar surface area (TPSA) is 25.2 Å². The Kier molecular flexibility index (Phi) is 3.10. The molecule has 1 heterocycles. The lowest BCUT2D eigenvalue weighted by atomic mass is 9.87. The Bertz CT molecular complexity index is 765. The van der Waals surface area contributed by atoms with Crippen LogP contribution in [-0.4, -0.2) is 6.04 Å². The fraction of sp³-hybridized carbons (Fsp3) is 0.368. The highest BCUT2D eigenvalue weighted by atomic mass is 16.3. The van der Waals surface area contributed by atoms with E-state index in [0.29, 0.717) is 6.04 Å².